The van der Waals surface area contributed by atoms with Gasteiger partial charge in [0.25, 0.3) is 0 Å². The number of nitrogens with two attached hydrogens (primary N) is 1. The highest BCUT2D eigenvalue weighted by molar-refractivity contribution is 5.78. The van der Waals surface area contributed by atoms with Crippen LogP contribution in [0.15, 0.2) is 11.3 Å². The molecule has 1 fully saturated rings. The zero-order chi connectivity index (χ0) is 17.0. The average Bonchev–Trinajstić information content (AvgIpc) is 2.88. The second kappa shape index (κ2) is 6.84. The number of carbonyl (C=O) groups is 1. The summed E-state index contributed by atoms with van der Waals surface area (Å²) in [5.74, 6) is 1.21. The number of piperazine rings is 1. The third kappa shape index (κ3) is 4.83. The van der Waals surface area contributed by atoms with E-state index in [-0.39, 0.29) is 6.09 Å². The van der Waals surface area contributed by atoms with Crippen LogP contribution in [-0.4, -0.2) is 68.4 Å². The monoisotopic (exact) mass is 323 g/mol. The summed E-state index contributed by atoms with van der Waals surface area (Å²) in [6, 6.07) is 0. The zero-order valence-electron chi connectivity index (χ0n) is 14.2. The molecule has 1 aliphatic rings. The smallest absolute Gasteiger partial charge is 0.410 e. The number of guanidine groups is 1. The summed E-state index contributed by atoms with van der Waals surface area (Å²) in [7, 11) is 1.81. The van der Waals surface area contributed by atoms with Crippen molar-refractivity contribution < 1.29 is 9.53 Å². The van der Waals surface area contributed by atoms with Gasteiger partial charge in [0.05, 0.1) is 0 Å². The molecule has 0 bridgehead atoms. The molecule has 1 saturated heterocycles. The van der Waals surface area contributed by atoms with Crippen molar-refractivity contribution in [1.29, 1.82) is 0 Å². The van der Waals surface area contributed by atoms with Gasteiger partial charge in [-0.3, -0.25) is 4.68 Å². The predicted octanol–water partition coefficient (Wildman–Crippen LogP) is 0.183. The molecule has 0 spiro atoms. The van der Waals surface area contributed by atoms with Crippen molar-refractivity contribution >= 4 is 12.1 Å². The molecule has 0 aliphatic carbocycles. The van der Waals surface area contributed by atoms with Crippen molar-refractivity contribution in [2.75, 3.05) is 26.2 Å². The maximum atomic E-state index is 12.0. The maximum Gasteiger partial charge on any atom is 0.410 e. The van der Waals surface area contributed by atoms with Gasteiger partial charge in [0.2, 0.25) is 0 Å². The molecule has 0 aromatic carbocycles. The molecule has 2 heterocycles. The van der Waals surface area contributed by atoms with E-state index in [4.69, 9.17) is 10.5 Å². The first-order valence-electron chi connectivity index (χ1n) is 7.62. The molecule has 9 heteroatoms. The number of nitrogens with zero attached hydrogens (tertiary/aromatic N) is 6. The Balaban J connectivity index is 1.84. The molecule has 23 heavy (non-hydrogen) atoms. The number of rotatable bonds is 2. The van der Waals surface area contributed by atoms with Crippen LogP contribution >= 0.6 is 0 Å². The summed E-state index contributed by atoms with van der Waals surface area (Å²) >= 11 is 0. The SMILES string of the molecule is Cn1ncnc1CN=C(N)N1CCN(C(=O)OC(C)(C)C)CC1. The zero-order valence-corrected chi connectivity index (χ0v) is 14.2. The quantitative estimate of drug-likeness (QED) is 0.615. The third-order valence-electron chi connectivity index (χ3n) is 3.44. The van der Waals surface area contributed by atoms with E-state index in [1.54, 1.807) is 9.58 Å². The highest BCUT2D eigenvalue weighted by Crippen LogP contribution is 2.11. The highest BCUT2D eigenvalue weighted by Gasteiger charge is 2.26. The van der Waals surface area contributed by atoms with E-state index < -0.39 is 5.60 Å². The predicted molar refractivity (Wildman–Crippen MR) is 85.7 cm³/mol. The first-order valence-corrected chi connectivity index (χ1v) is 7.62. The fourth-order valence-corrected chi connectivity index (χ4v) is 2.16. The van der Waals surface area contributed by atoms with E-state index in [9.17, 15) is 4.79 Å². The van der Waals surface area contributed by atoms with Crippen molar-refractivity contribution in [3.05, 3.63) is 12.2 Å². The Morgan fingerprint density at radius 1 is 1.30 bits per heavy atom. The van der Waals surface area contributed by atoms with Gasteiger partial charge < -0.3 is 20.3 Å². The van der Waals surface area contributed by atoms with Crippen LogP contribution in [0.1, 0.15) is 26.6 Å². The average molecular weight is 323 g/mol. The largest absolute Gasteiger partial charge is 0.444 e. The van der Waals surface area contributed by atoms with Crippen molar-refractivity contribution in [2.24, 2.45) is 17.8 Å². The molecular weight excluding hydrogens is 298 g/mol. The molecule has 1 amide bonds. The van der Waals surface area contributed by atoms with Crippen LogP contribution in [-0.2, 0) is 18.3 Å². The molecule has 1 aliphatic heterocycles. The van der Waals surface area contributed by atoms with E-state index in [0.717, 1.165) is 5.82 Å². The van der Waals surface area contributed by atoms with Gasteiger partial charge in [-0.2, -0.15) is 5.10 Å². The van der Waals surface area contributed by atoms with Gasteiger partial charge >= 0.3 is 6.09 Å². The highest BCUT2D eigenvalue weighted by atomic mass is 16.6. The molecule has 1 aromatic heterocycles. The summed E-state index contributed by atoms with van der Waals surface area (Å²) in [6.45, 7) is 8.36. The third-order valence-corrected chi connectivity index (χ3v) is 3.44. The molecule has 9 nitrogen and oxygen atoms in total. The summed E-state index contributed by atoms with van der Waals surface area (Å²) in [5, 5.41) is 3.99. The number of carbonyl (C=O) groups excluding carboxylic acids is 1. The van der Waals surface area contributed by atoms with E-state index in [1.807, 2.05) is 32.7 Å². The van der Waals surface area contributed by atoms with E-state index >= 15 is 0 Å². The van der Waals surface area contributed by atoms with Crippen molar-refractivity contribution in [2.45, 2.75) is 32.9 Å². The lowest BCUT2D eigenvalue weighted by Gasteiger charge is -2.36. The molecule has 0 saturated carbocycles. The number of aromatic nitrogens is 3. The summed E-state index contributed by atoms with van der Waals surface area (Å²) < 4.78 is 7.04. The summed E-state index contributed by atoms with van der Waals surface area (Å²) in [6.07, 6.45) is 1.20. The van der Waals surface area contributed by atoms with Crippen LogP contribution in [0.4, 0.5) is 4.79 Å². The van der Waals surface area contributed by atoms with E-state index in [2.05, 4.69) is 15.1 Å². The lowest BCUT2D eigenvalue weighted by molar-refractivity contribution is 0.0186. The Morgan fingerprint density at radius 3 is 2.43 bits per heavy atom. The normalized spacial score (nSPS) is 16.6. The number of ether oxygens (including phenoxy) is 1. The van der Waals surface area contributed by atoms with Gasteiger partial charge in [-0.15, -0.1) is 0 Å². The molecule has 0 atom stereocenters. The number of aliphatic imine (C=N–C) groups is 1. The van der Waals surface area contributed by atoms with E-state index in [0.29, 0.717) is 38.7 Å². The van der Waals surface area contributed by atoms with Gasteiger partial charge in [-0.05, 0) is 20.8 Å². The molecule has 0 unspecified atom stereocenters. The minimum absolute atomic E-state index is 0.285. The Hall–Kier alpha value is -2.32. The topological polar surface area (TPSA) is 102 Å². The number of hydrogen-bond donors (Lipinski definition) is 1. The second-order valence-electron chi connectivity index (χ2n) is 6.43. The number of amides is 1. The van der Waals surface area contributed by atoms with E-state index in [1.165, 1.54) is 6.33 Å². The lowest BCUT2D eigenvalue weighted by atomic mass is 10.2. The van der Waals surface area contributed by atoms with Crippen molar-refractivity contribution in [3.8, 4) is 0 Å². The summed E-state index contributed by atoms with van der Waals surface area (Å²) in [5.41, 5.74) is 5.54. The minimum atomic E-state index is -0.481. The van der Waals surface area contributed by atoms with Gasteiger partial charge in [0.1, 0.15) is 24.3 Å². The van der Waals surface area contributed by atoms with Gasteiger partial charge in [0.15, 0.2) is 5.96 Å². The molecule has 128 valence electrons. The maximum absolute atomic E-state index is 12.0. The molecule has 1 aromatic rings. The van der Waals surface area contributed by atoms with Gasteiger partial charge in [-0.1, -0.05) is 0 Å². The standard InChI is InChI=1S/C14H25N7O2/c1-14(2,3)23-13(22)21-7-5-20(6-8-21)12(15)16-9-11-17-10-18-19(11)4/h10H,5-9H2,1-4H3,(H2,15,16). The van der Waals surface area contributed by atoms with Crippen molar-refractivity contribution in [1.82, 2.24) is 24.6 Å². The van der Waals surface area contributed by atoms with Crippen LogP contribution in [0.5, 0.6) is 0 Å². The Labute approximate surface area is 136 Å². The first kappa shape index (κ1) is 17.0. The van der Waals surface area contributed by atoms with Gasteiger partial charge in [-0.25, -0.2) is 14.8 Å². The Bertz CT molecular complexity index is 568. The molecule has 2 N–H and O–H groups in total. The Kier molecular flexibility index (Phi) is 5.07. The number of hydrogen-bond acceptors (Lipinski definition) is 5. The number of aryl methyl sites for hydroxylation is 1. The molecule has 0 radical (unpaired) electrons. The first-order chi connectivity index (χ1) is 10.8. The summed E-state index contributed by atoms with van der Waals surface area (Å²) in [4.78, 5) is 24.1. The Morgan fingerprint density at radius 2 is 1.91 bits per heavy atom. The van der Waals surface area contributed by atoms with Crippen molar-refractivity contribution in [3.63, 3.8) is 0 Å². The molecular formula is C14H25N7O2. The van der Waals surface area contributed by atoms with Crippen LogP contribution in [0.3, 0.4) is 0 Å². The minimum Gasteiger partial charge on any atom is -0.444 e. The molecule has 2 rings (SSSR count). The van der Waals surface area contributed by atoms with Gasteiger partial charge in [0, 0.05) is 33.2 Å². The van der Waals surface area contributed by atoms with Crippen LogP contribution in [0.2, 0.25) is 0 Å². The second-order valence-corrected chi connectivity index (χ2v) is 6.43. The van der Waals surface area contributed by atoms with Crippen LogP contribution < -0.4 is 5.73 Å². The lowest BCUT2D eigenvalue weighted by Crippen LogP contribution is -2.53. The van der Waals surface area contributed by atoms with Crippen LogP contribution in [0.25, 0.3) is 0 Å². The van der Waals surface area contributed by atoms with Crippen LogP contribution in [0, 0.1) is 0 Å². The fourth-order valence-electron chi connectivity index (χ4n) is 2.16. The fraction of sp³-hybridized carbons (Fsp3) is 0.714.